The third-order valence-corrected chi connectivity index (χ3v) is 4.91. The van der Waals surface area contributed by atoms with Crippen LogP contribution in [-0.2, 0) is 15.0 Å². The van der Waals surface area contributed by atoms with Gasteiger partial charge < -0.3 is 0 Å². The number of hydrogen-bond acceptors (Lipinski definition) is 6. The average molecular weight is 369 g/mol. The lowest BCUT2D eigenvalue weighted by molar-refractivity contribution is -0.385. The molecular weight excluding hydrogens is 354 g/mol. The molecule has 2 aromatic carbocycles. The summed E-state index contributed by atoms with van der Waals surface area (Å²) in [7, 11) is 0. The Balaban J connectivity index is 2.23. The molecule has 138 valence electrons. The second kappa shape index (κ2) is 6.60. The van der Waals surface area contributed by atoms with Crippen molar-refractivity contribution in [3.05, 3.63) is 79.9 Å². The molecule has 1 saturated heterocycles. The fourth-order valence-corrected chi connectivity index (χ4v) is 3.67. The predicted octanol–water partition coefficient (Wildman–Crippen LogP) is 2.47. The largest absolute Gasteiger partial charge is 0.295 e. The van der Waals surface area contributed by atoms with Gasteiger partial charge in [0.1, 0.15) is 5.41 Å². The van der Waals surface area contributed by atoms with Gasteiger partial charge in [0.2, 0.25) is 11.8 Å². The van der Waals surface area contributed by atoms with Crippen molar-refractivity contribution < 1.29 is 19.4 Å². The first kappa shape index (κ1) is 18.2. The van der Waals surface area contributed by atoms with Gasteiger partial charge in [0, 0.05) is 24.3 Å². The van der Waals surface area contributed by atoms with E-state index in [1.54, 1.807) is 6.92 Å². The van der Waals surface area contributed by atoms with E-state index in [9.17, 15) is 29.8 Å². The van der Waals surface area contributed by atoms with E-state index in [2.05, 4.69) is 5.32 Å². The number of carbonyl (C=O) groups excluding carboxylic acids is 2. The zero-order valence-electron chi connectivity index (χ0n) is 14.2. The number of amides is 2. The maximum atomic E-state index is 12.9. The standard InChI is InChI=1S/C18H15N3O6/c1-2-15-16(22)19-17(23)18(15,11-3-7-13(8-4-11)20(24)25)12-5-9-14(10-6-12)21(26)27/h3-10,15H,2H2,1H3,(H,19,22,23). The molecule has 1 unspecified atom stereocenters. The summed E-state index contributed by atoms with van der Waals surface area (Å²) in [5.41, 5.74) is -0.865. The lowest BCUT2D eigenvalue weighted by Gasteiger charge is -2.32. The molecule has 3 rings (SSSR count). The van der Waals surface area contributed by atoms with Crippen LogP contribution in [0.15, 0.2) is 48.5 Å². The highest BCUT2D eigenvalue weighted by Gasteiger charge is 2.56. The molecule has 9 heteroatoms. The number of hydrogen-bond donors (Lipinski definition) is 1. The summed E-state index contributed by atoms with van der Waals surface area (Å²) in [5, 5.41) is 24.2. The summed E-state index contributed by atoms with van der Waals surface area (Å²) in [4.78, 5) is 46.0. The van der Waals surface area contributed by atoms with Crippen LogP contribution in [0, 0.1) is 26.1 Å². The average Bonchev–Trinajstić information content (AvgIpc) is 2.91. The third kappa shape index (κ3) is 2.73. The summed E-state index contributed by atoms with van der Waals surface area (Å²) in [6, 6.07) is 10.9. The zero-order chi connectivity index (χ0) is 19.8. The highest BCUT2D eigenvalue weighted by atomic mass is 16.6. The minimum atomic E-state index is -1.41. The highest BCUT2D eigenvalue weighted by molar-refractivity contribution is 6.12. The number of carbonyl (C=O) groups is 2. The van der Waals surface area contributed by atoms with E-state index >= 15 is 0 Å². The molecule has 1 aliphatic heterocycles. The van der Waals surface area contributed by atoms with Crippen molar-refractivity contribution in [2.45, 2.75) is 18.8 Å². The van der Waals surface area contributed by atoms with Crippen LogP contribution in [0.25, 0.3) is 0 Å². The molecule has 0 aromatic heterocycles. The summed E-state index contributed by atoms with van der Waals surface area (Å²) in [6.45, 7) is 1.76. The molecule has 0 saturated carbocycles. The van der Waals surface area contributed by atoms with E-state index in [0.717, 1.165) is 0 Å². The smallest absolute Gasteiger partial charge is 0.269 e. The number of rotatable bonds is 5. The molecule has 9 nitrogen and oxygen atoms in total. The van der Waals surface area contributed by atoms with E-state index in [0.29, 0.717) is 17.5 Å². The third-order valence-electron chi connectivity index (χ3n) is 4.91. The van der Waals surface area contributed by atoms with Crippen LogP contribution in [0.3, 0.4) is 0 Å². The minimum Gasteiger partial charge on any atom is -0.295 e. The fraction of sp³-hybridized carbons (Fsp3) is 0.222. The molecule has 27 heavy (non-hydrogen) atoms. The van der Waals surface area contributed by atoms with Crippen LogP contribution in [-0.4, -0.2) is 21.7 Å². The molecule has 1 fully saturated rings. The minimum absolute atomic E-state index is 0.143. The van der Waals surface area contributed by atoms with Gasteiger partial charge >= 0.3 is 0 Å². The maximum Gasteiger partial charge on any atom is 0.269 e. The second-order valence-corrected chi connectivity index (χ2v) is 6.20. The molecule has 1 heterocycles. The van der Waals surface area contributed by atoms with Gasteiger partial charge in [0.25, 0.3) is 11.4 Å². The number of imide groups is 1. The summed E-state index contributed by atoms with van der Waals surface area (Å²) in [5.74, 6) is -1.74. The first-order chi connectivity index (χ1) is 12.8. The van der Waals surface area contributed by atoms with Gasteiger partial charge in [-0.15, -0.1) is 0 Å². The number of nitrogens with zero attached hydrogens (tertiary/aromatic N) is 2. The Kier molecular flexibility index (Phi) is 4.44. The normalized spacial score (nSPS) is 18.2. The van der Waals surface area contributed by atoms with Gasteiger partial charge in [-0.1, -0.05) is 31.2 Å². The van der Waals surface area contributed by atoms with E-state index in [4.69, 9.17) is 0 Å². The Bertz CT molecular complexity index is 879. The lowest BCUT2D eigenvalue weighted by atomic mass is 9.66. The van der Waals surface area contributed by atoms with Crippen molar-refractivity contribution in [3.63, 3.8) is 0 Å². The summed E-state index contributed by atoms with van der Waals surface area (Å²) >= 11 is 0. The Morgan fingerprint density at radius 3 is 1.63 bits per heavy atom. The van der Waals surface area contributed by atoms with E-state index in [1.807, 2.05) is 0 Å². The number of nitro groups is 2. The number of nitro benzene ring substituents is 2. The van der Waals surface area contributed by atoms with Crippen LogP contribution in [0.5, 0.6) is 0 Å². The summed E-state index contributed by atoms with van der Waals surface area (Å²) < 4.78 is 0. The molecule has 1 N–H and O–H groups in total. The van der Waals surface area contributed by atoms with Gasteiger partial charge in [-0.25, -0.2) is 0 Å². The van der Waals surface area contributed by atoms with Crippen LogP contribution in [0.1, 0.15) is 24.5 Å². The van der Waals surface area contributed by atoms with Crippen LogP contribution >= 0.6 is 0 Å². The molecule has 0 bridgehead atoms. The van der Waals surface area contributed by atoms with Crippen LogP contribution < -0.4 is 5.32 Å². The molecule has 0 aliphatic carbocycles. The second-order valence-electron chi connectivity index (χ2n) is 6.20. The van der Waals surface area contributed by atoms with Crippen molar-refractivity contribution in [1.82, 2.24) is 5.32 Å². The first-order valence-corrected chi connectivity index (χ1v) is 8.17. The van der Waals surface area contributed by atoms with Gasteiger partial charge in [0.05, 0.1) is 15.8 Å². The van der Waals surface area contributed by atoms with Crippen molar-refractivity contribution in [3.8, 4) is 0 Å². The Hall–Kier alpha value is -3.62. The van der Waals surface area contributed by atoms with Gasteiger partial charge in [-0.2, -0.15) is 0 Å². The molecular formula is C18H15N3O6. The Labute approximate surface area is 153 Å². The van der Waals surface area contributed by atoms with Crippen molar-refractivity contribution in [2.75, 3.05) is 0 Å². The Morgan fingerprint density at radius 2 is 1.30 bits per heavy atom. The predicted molar refractivity (Wildman–Crippen MR) is 93.9 cm³/mol. The first-order valence-electron chi connectivity index (χ1n) is 8.17. The molecule has 2 aromatic rings. The number of nitrogens with one attached hydrogen (secondary N) is 1. The van der Waals surface area contributed by atoms with E-state index in [-0.39, 0.29) is 11.4 Å². The van der Waals surface area contributed by atoms with Crippen molar-refractivity contribution in [2.24, 2.45) is 5.92 Å². The van der Waals surface area contributed by atoms with Gasteiger partial charge in [0.15, 0.2) is 0 Å². The molecule has 0 radical (unpaired) electrons. The monoisotopic (exact) mass is 369 g/mol. The number of benzene rings is 2. The van der Waals surface area contributed by atoms with E-state index in [1.165, 1.54) is 48.5 Å². The maximum absolute atomic E-state index is 12.9. The molecule has 2 amide bonds. The van der Waals surface area contributed by atoms with Crippen molar-refractivity contribution >= 4 is 23.2 Å². The number of non-ortho nitro benzene ring substituents is 2. The molecule has 1 atom stereocenters. The van der Waals surface area contributed by atoms with Crippen LogP contribution in [0.4, 0.5) is 11.4 Å². The highest BCUT2D eigenvalue weighted by Crippen LogP contribution is 2.45. The fourth-order valence-electron chi connectivity index (χ4n) is 3.67. The van der Waals surface area contributed by atoms with Crippen molar-refractivity contribution in [1.29, 1.82) is 0 Å². The summed E-state index contributed by atoms with van der Waals surface area (Å²) in [6.07, 6.45) is 0.339. The van der Waals surface area contributed by atoms with E-state index < -0.39 is 33.0 Å². The molecule has 0 spiro atoms. The lowest BCUT2D eigenvalue weighted by Crippen LogP contribution is -2.41. The topological polar surface area (TPSA) is 132 Å². The van der Waals surface area contributed by atoms with Gasteiger partial charge in [-0.3, -0.25) is 35.1 Å². The van der Waals surface area contributed by atoms with Crippen LogP contribution in [0.2, 0.25) is 0 Å². The Morgan fingerprint density at radius 1 is 0.889 bits per heavy atom. The zero-order valence-corrected chi connectivity index (χ0v) is 14.2. The van der Waals surface area contributed by atoms with Gasteiger partial charge in [-0.05, 0) is 17.5 Å². The SMILES string of the molecule is CCC1C(=O)NC(=O)C1(c1ccc([N+](=O)[O-])cc1)c1ccc([N+](=O)[O-])cc1. The quantitative estimate of drug-likeness (QED) is 0.489. The molecule has 1 aliphatic rings.